The molecule has 0 bridgehead atoms. The van der Waals surface area contributed by atoms with E-state index in [1.54, 1.807) is 24.3 Å². The van der Waals surface area contributed by atoms with Gasteiger partial charge in [-0.05, 0) is 35.7 Å². The van der Waals surface area contributed by atoms with Crippen molar-refractivity contribution in [2.75, 3.05) is 6.54 Å². The van der Waals surface area contributed by atoms with Crippen LogP contribution in [0.2, 0.25) is 0 Å². The summed E-state index contributed by atoms with van der Waals surface area (Å²) in [4.78, 5) is 13.2. The number of aromatic nitrogens is 2. The molecule has 0 radical (unpaired) electrons. The summed E-state index contributed by atoms with van der Waals surface area (Å²) in [6, 6.07) is 10.5. The monoisotopic (exact) mass is 371 g/mol. The number of fused-ring (bicyclic) bond motifs is 1. The Labute approximate surface area is 151 Å². The predicted molar refractivity (Wildman–Crippen MR) is 95.8 cm³/mol. The molecule has 0 unspecified atom stereocenters. The summed E-state index contributed by atoms with van der Waals surface area (Å²) in [6.07, 6.45) is 2.98. The van der Waals surface area contributed by atoms with E-state index in [0.717, 1.165) is 22.1 Å². The first-order valence-corrected chi connectivity index (χ1v) is 9.07. The maximum Gasteiger partial charge on any atom is 0.251 e. The summed E-state index contributed by atoms with van der Waals surface area (Å²) in [5.74, 6) is -0.284. The third-order valence-corrected chi connectivity index (χ3v) is 5.53. The summed E-state index contributed by atoms with van der Waals surface area (Å²) in [7, 11) is 0. The van der Waals surface area contributed by atoms with Gasteiger partial charge in [0.05, 0.1) is 30.8 Å². The van der Waals surface area contributed by atoms with Crippen molar-refractivity contribution in [2.45, 2.75) is 5.60 Å². The summed E-state index contributed by atoms with van der Waals surface area (Å²) >= 11 is 2.53. The first-order valence-electron chi connectivity index (χ1n) is 7.46. The third kappa shape index (κ3) is 2.95. The van der Waals surface area contributed by atoms with E-state index in [9.17, 15) is 9.90 Å². The molecule has 0 aliphatic heterocycles. The fourth-order valence-electron chi connectivity index (χ4n) is 2.58. The quantitative estimate of drug-likeness (QED) is 0.563. The average Bonchev–Trinajstić information content (AvgIpc) is 3.40. The van der Waals surface area contributed by atoms with E-state index in [1.807, 2.05) is 17.5 Å². The standard InChI is InChI=1S/C17H13N3O3S2/c21-16(11-3-4-13-14(8-11)20-25-19-13)18-10-17(22,12-5-6-23-9-12)15-2-1-7-24-15/h1-9,22H,10H2,(H,18,21)/t17-/m1/s1. The first-order chi connectivity index (χ1) is 12.2. The molecular weight excluding hydrogens is 358 g/mol. The topological polar surface area (TPSA) is 88.2 Å². The van der Waals surface area contributed by atoms with Gasteiger partial charge in [0.2, 0.25) is 0 Å². The lowest BCUT2D eigenvalue weighted by Gasteiger charge is -2.26. The molecule has 3 aromatic heterocycles. The average molecular weight is 371 g/mol. The molecule has 0 aliphatic rings. The largest absolute Gasteiger partial charge is 0.472 e. The molecule has 8 heteroatoms. The van der Waals surface area contributed by atoms with Crippen molar-refractivity contribution in [3.8, 4) is 0 Å². The molecule has 0 saturated carbocycles. The normalized spacial score (nSPS) is 13.6. The second-order valence-corrected chi connectivity index (χ2v) is 6.98. The van der Waals surface area contributed by atoms with Gasteiger partial charge in [-0.25, -0.2) is 0 Å². The Hall–Kier alpha value is -2.55. The van der Waals surface area contributed by atoms with E-state index in [-0.39, 0.29) is 12.5 Å². The highest BCUT2D eigenvalue weighted by Gasteiger charge is 2.34. The maximum absolute atomic E-state index is 12.5. The summed E-state index contributed by atoms with van der Waals surface area (Å²) in [5.41, 5.74) is 1.16. The van der Waals surface area contributed by atoms with Gasteiger partial charge in [-0.1, -0.05) is 6.07 Å². The second-order valence-electron chi connectivity index (χ2n) is 5.50. The molecule has 25 heavy (non-hydrogen) atoms. The zero-order valence-corrected chi connectivity index (χ0v) is 14.5. The van der Waals surface area contributed by atoms with Gasteiger partial charge in [-0.2, -0.15) is 8.75 Å². The van der Waals surface area contributed by atoms with Gasteiger partial charge < -0.3 is 14.8 Å². The molecular formula is C17H13N3O3S2. The Kier molecular flexibility index (Phi) is 4.08. The van der Waals surface area contributed by atoms with Crippen LogP contribution >= 0.6 is 23.1 Å². The number of rotatable bonds is 5. The van der Waals surface area contributed by atoms with Crippen LogP contribution in [-0.4, -0.2) is 26.3 Å². The number of carbonyl (C=O) groups is 1. The van der Waals surface area contributed by atoms with Crippen molar-refractivity contribution in [1.82, 2.24) is 14.1 Å². The Balaban J connectivity index is 1.58. The van der Waals surface area contributed by atoms with Crippen LogP contribution in [-0.2, 0) is 5.60 Å². The van der Waals surface area contributed by atoms with Crippen LogP contribution in [0.3, 0.4) is 0 Å². The summed E-state index contributed by atoms with van der Waals surface area (Å²) in [6.45, 7) is 0.0270. The van der Waals surface area contributed by atoms with Crippen LogP contribution < -0.4 is 5.32 Å². The minimum atomic E-state index is -1.34. The van der Waals surface area contributed by atoms with Crippen LogP contribution in [0.5, 0.6) is 0 Å². The van der Waals surface area contributed by atoms with E-state index in [2.05, 4.69) is 14.1 Å². The summed E-state index contributed by atoms with van der Waals surface area (Å²) in [5, 5.41) is 15.9. The van der Waals surface area contributed by atoms with Crippen molar-refractivity contribution < 1.29 is 14.3 Å². The van der Waals surface area contributed by atoms with E-state index in [0.29, 0.717) is 16.6 Å². The fraction of sp³-hybridized carbons (Fsp3) is 0.118. The van der Waals surface area contributed by atoms with Crippen molar-refractivity contribution in [3.63, 3.8) is 0 Å². The highest BCUT2D eigenvalue weighted by molar-refractivity contribution is 7.10. The molecule has 4 rings (SSSR count). The van der Waals surface area contributed by atoms with Crippen LogP contribution in [0.1, 0.15) is 20.8 Å². The van der Waals surface area contributed by atoms with Gasteiger partial charge in [0.15, 0.2) is 0 Å². The lowest BCUT2D eigenvalue weighted by molar-refractivity contribution is 0.0714. The van der Waals surface area contributed by atoms with Crippen molar-refractivity contribution in [3.05, 3.63) is 70.3 Å². The van der Waals surface area contributed by atoms with Gasteiger partial charge in [0, 0.05) is 16.0 Å². The Bertz CT molecular complexity index is 959. The van der Waals surface area contributed by atoms with E-state index in [4.69, 9.17) is 4.42 Å². The number of nitrogens with one attached hydrogen (secondary N) is 1. The van der Waals surface area contributed by atoms with Crippen LogP contribution in [0.25, 0.3) is 11.0 Å². The number of furan rings is 1. The number of hydrogen-bond donors (Lipinski definition) is 2. The molecule has 2 N–H and O–H groups in total. The highest BCUT2D eigenvalue weighted by atomic mass is 32.1. The molecule has 1 aromatic carbocycles. The van der Waals surface area contributed by atoms with E-state index < -0.39 is 5.60 Å². The first kappa shape index (κ1) is 15.9. The van der Waals surface area contributed by atoms with Gasteiger partial charge >= 0.3 is 0 Å². The molecule has 4 aromatic rings. The molecule has 0 spiro atoms. The minimum absolute atomic E-state index is 0.0270. The molecule has 126 valence electrons. The molecule has 0 aliphatic carbocycles. The zero-order valence-electron chi connectivity index (χ0n) is 12.9. The molecule has 3 heterocycles. The van der Waals surface area contributed by atoms with Crippen LogP contribution in [0, 0.1) is 0 Å². The highest BCUT2D eigenvalue weighted by Crippen LogP contribution is 2.32. The zero-order chi connectivity index (χ0) is 17.3. The maximum atomic E-state index is 12.5. The van der Waals surface area contributed by atoms with Crippen molar-refractivity contribution >= 4 is 40.0 Å². The van der Waals surface area contributed by atoms with Crippen molar-refractivity contribution in [1.29, 1.82) is 0 Å². The number of aliphatic hydroxyl groups is 1. The SMILES string of the molecule is O=C(NC[C@@](O)(c1ccoc1)c1cccs1)c1ccc2nsnc2c1. The number of benzene rings is 1. The molecule has 0 fully saturated rings. The smallest absolute Gasteiger partial charge is 0.251 e. The van der Waals surface area contributed by atoms with Gasteiger partial charge in [-0.15, -0.1) is 11.3 Å². The van der Waals surface area contributed by atoms with Crippen molar-refractivity contribution in [2.24, 2.45) is 0 Å². The van der Waals surface area contributed by atoms with Gasteiger partial charge in [-0.3, -0.25) is 4.79 Å². The van der Waals surface area contributed by atoms with E-state index in [1.165, 1.54) is 23.9 Å². The third-order valence-electron chi connectivity index (χ3n) is 3.95. The number of carbonyl (C=O) groups excluding carboxylic acids is 1. The predicted octanol–water partition coefficient (Wildman–Crippen LogP) is 3.01. The second kappa shape index (κ2) is 6.40. The van der Waals surface area contributed by atoms with Gasteiger partial charge in [0.25, 0.3) is 5.91 Å². The number of nitrogens with zero attached hydrogens (tertiary/aromatic N) is 2. The Morgan fingerprint density at radius 3 is 2.88 bits per heavy atom. The van der Waals surface area contributed by atoms with Gasteiger partial charge in [0.1, 0.15) is 16.6 Å². The number of thiophene rings is 1. The molecule has 0 saturated heterocycles. The molecule has 1 amide bonds. The van der Waals surface area contributed by atoms with E-state index >= 15 is 0 Å². The molecule has 1 atom stereocenters. The van der Waals surface area contributed by atoms with Crippen LogP contribution in [0.15, 0.2) is 58.7 Å². The number of hydrogen-bond acceptors (Lipinski definition) is 7. The fourth-order valence-corrected chi connectivity index (χ4v) is 3.94. The summed E-state index contributed by atoms with van der Waals surface area (Å²) < 4.78 is 13.4. The lowest BCUT2D eigenvalue weighted by atomic mass is 9.94. The number of amides is 1. The Morgan fingerprint density at radius 1 is 1.24 bits per heavy atom. The minimum Gasteiger partial charge on any atom is -0.472 e. The Morgan fingerprint density at radius 2 is 2.12 bits per heavy atom. The van der Waals surface area contributed by atoms with Crippen LogP contribution in [0.4, 0.5) is 0 Å². The lowest BCUT2D eigenvalue weighted by Crippen LogP contribution is -2.41. The molecule has 6 nitrogen and oxygen atoms in total.